The molecule has 2 aromatic heterocycles. The van der Waals surface area contributed by atoms with Crippen molar-refractivity contribution in [1.82, 2.24) is 0 Å². The van der Waals surface area contributed by atoms with E-state index in [1.165, 1.54) is 38.5 Å². The molecule has 0 aliphatic carbocycles. The Bertz CT molecular complexity index is 826. The first-order valence-electron chi connectivity index (χ1n) is 5.42. The minimum absolute atomic E-state index is 1.19. The van der Waals surface area contributed by atoms with Crippen LogP contribution in [0.1, 0.15) is 0 Å². The largest absolute Gasteiger partial charge is 0.128 e. The van der Waals surface area contributed by atoms with Crippen molar-refractivity contribution in [2.24, 2.45) is 0 Å². The highest BCUT2D eigenvalue weighted by Gasteiger charge is 2.08. The van der Waals surface area contributed by atoms with Gasteiger partial charge in [-0.25, -0.2) is 0 Å². The van der Waals surface area contributed by atoms with E-state index in [0.29, 0.717) is 0 Å². The average Bonchev–Trinajstić information content (AvgIpc) is 2.89. The van der Waals surface area contributed by atoms with Gasteiger partial charge in [-0.15, -0.1) is 22.7 Å². The van der Waals surface area contributed by atoms with Gasteiger partial charge in [-0.2, -0.15) is 0 Å². The van der Waals surface area contributed by atoms with Gasteiger partial charge in [-0.05, 0) is 66.9 Å². The zero-order chi connectivity index (χ0) is 12.3. The number of benzene rings is 2. The minimum atomic E-state index is 1.19. The predicted octanol–water partition coefficient (Wildman–Crippen LogP) is 6.79. The quantitative estimate of drug-likeness (QED) is 0.306. The third-order valence-corrected chi connectivity index (χ3v) is 6.34. The van der Waals surface area contributed by atoms with Crippen molar-refractivity contribution >= 4 is 85.5 Å². The van der Waals surface area contributed by atoms with Gasteiger partial charge in [-0.1, -0.05) is 12.1 Å². The summed E-state index contributed by atoms with van der Waals surface area (Å²) in [4.78, 5) is 0. The molecule has 2 heterocycles. The number of thiophene rings is 2. The third kappa shape index (κ3) is 1.59. The molecule has 0 fully saturated rings. The van der Waals surface area contributed by atoms with Crippen LogP contribution in [0.3, 0.4) is 0 Å². The number of halogens is 2. The Morgan fingerprint density at radius 1 is 0.611 bits per heavy atom. The van der Waals surface area contributed by atoms with E-state index in [0.717, 1.165) is 0 Å². The lowest BCUT2D eigenvalue weighted by Gasteiger charge is -2.01. The summed E-state index contributed by atoms with van der Waals surface area (Å²) >= 11 is 10.7. The molecule has 4 heteroatoms. The second-order valence-corrected chi connectivity index (χ2v) is 9.08. The summed E-state index contributed by atoms with van der Waals surface area (Å²) < 4.78 is 5.05. The number of rotatable bonds is 0. The molecule has 0 radical (unpaired) electrons. The lowest BCUT2D eigenvalue weighted by Crippen LogP contribution is -1.73. The summed E-state index contributed by atoms with van der Waals surface area (Å²) in [6.45, 7) is 0. The smallest absolute Gasteiger partial charge is 0.0711 e. The molecule has 0 bridgehead atoms. The van der Waals surface area contributed by atoms with Crippen LogP contribution in [0.2, 0.25) is 0 Å². The summed E-state index contributed by atoms with van der Waals surface area (Å²) in [5.41, 5.74) is 0. The van der Waals surface area contributed by atoms with E-state index in [-0.39, 0.29) is 0 Å². The maximum Gasteiger partial charge on any atom is 0.0711 e. The zero-order valence-electron chi connectivity index (χ0n) is 9.04. The van der Waals surface area contributed by atoms with Crippen LogP contribution in [-0.4, -0.2) is 0 Å². The molecule has 0 saturated carbocycles. The highest BCUT2D eigenvalue weighted by molar-refractivity contribution is 9.11. The van der Waals surface area contributed by atoms with Crippen molar-refractivity contribution < 1.29 is 0 Å². The molecule has 0 spiro atoms. The summed E-state index contributed by atoms with van der Waals surface area (Å²) in [6.07, 6.45) is 0. The normalized spacial score (nSPS) is 11.9. The van der Waals surface area contributed by atoms with Gasteiger partial charge in [0.2, 0.25) is 0 Å². The topological polar surface area (TPSA) is 0 Å². The van der Waals surface area contributed by atoms with Gasteiger partial charge in [0, 0.05) is 20.2 Å². The summed E-state index contributed by atoms with van der Waals surface area (Å²) in [5.74, 6) is 0. The maximum absolute atomic E-state index is 3.58. The van der Waals surface area contributed by atoms with Crippen LogP contribution in [-0.2, 0) is 0 Å². The summed E-state index contributed by atoms with van der Waals surface area (Å²) in [6, 6.07) is 13.4. The first-order chi connectivity index (χ1) is 8.72. The Morgan fingerprint density at radius 3 is 1.50 bits per heavy atom. The Hall–Kier alpha value is -0.420. The van der Waals surface area contributed by atoms with E-state index < -0.39 is 0 Å². The zero-order valence-corrected chi connectivity index (χ0v) is 13.8. The van der Waals surface area contributed by atoms with Crippen molar-refractivity contribution in [3.05, 3.63) is 44.0 Å². The third-order valence-electron chi connectivity index (χ3n) is 3.13. The van der Waals surface area contributed by atoms with Crippen molar-refractivity contribution in [1.29, 1.82) is 0 Å². The molecule has 0 atom stereocenters. The van der Waals surface area contributed by atoms with E-state index >= 15 is 0 Å². The Kier molecular flexibility index (Phi) is 2.56. The van der Waals surface area contributed by atoms with Gasteiger partial charge in [0.15, 0.2) is 0 Å². The van der Waals surface area contributed by atoms with E-state index in [2.05, 4.69) is 68.3 Å². The fraction of sp³-hybridized carbons (Fsp3) is 0. The van der Waals surface area contributed by atoms with Gasteiger partial charge in [0.05, 0.1) is 7.57 Å². The highest BCUT2D eigenvalue weighted by atomic mass is 79.9. The average molecular weight is 398 g/mol. The molecule has 0 nitrogen and oxygen atoms in total. The van der Waals surface area contributed by atoms with Crippen LogP contribution in [0.4, 0.5) is 0 Å². The summed E-state index contributed by atoms with van der Waals surface area (Å²) in [7, 11) is 0. The Balaban J connectivity index is 2.29. The van der Waals surface area contributed by atoms with E-state index in [1.54, 1.807) is 22.7 Å². The molecule has 0 aliphatic heterocycles. The first-order valence-corrected chi connectivity index (χ1v) is 8.64. The molecule has 2 aromatic carbocycles. The second-order valence-electron chi connectivity index (χ2n) is 4.15. The number of fused-ring (bicyclic) bond motifs is 5. The molecule has 0 amide bonds. The van der Waals surface area contributed by atoms with Gasteiger partial charge >= 0.3 is 0 Å². The first kappa shape index (κ1) is 11.4. The Morgan fingerprint density at radius 2 is 1.06 bits per heavy atom. The van der Waals surface area contributed by atoms with Crippen LogP contribution in [0.25, 0.3) is 30.9 Å². The molecule has 0 unspecified atom stereocenters. The molecule has 0 aliphatic rings. The van der Waals surface area contributed by atoms with E-state index in [4.69, 9.17) is 0 Å². The molecule has 4 aromatic rings. The fourth-order valence-electron chi connectivity index (χ4n) is 2.38. The molecular formula is C14H6Br2S2. The molecule has 18 heavy (non-hydrogen) atoms. The van der Waals surface area contributed by atoms with Crippen molar-refractivity contribution in [2.75, 3.05) is 0 Å². The summed E-state index contributed by atoms with van der Waals surface area (Å²) in [5, 5.41) is 5.36. The fourth-order valence-corrected chi connectivity index (χ4v) is 5.49. The van der Waals surface area contributed by atoms with Crippen LogP contribution in [0.15, 0.2) is 44.0 Å². The van der Waals surface area contributed by atoms with Crippen molar-refractivity contribution in [3.63, 3.8) is 0 Å². The molecular weight excluding hydrogens is 392 g/mol. The SMILES string of the molecule is Brc1cc2c(ccc3c4cc(Br)sc4ccc23)s1. The second kappa shape index (κ2) is 4.04. The van der Waals surface area contributed by atoms with Gasteiger partial charge in [-0.3, -0.25) is 0 Å². The van der Waals surface area contributed by atoms with Gasteiger partial charge in [0.1, 0.15) is 0 Å². The standard InChI is InChI=1S/C14H6Br2S2/c15-13-5-9-7-1-3-11-10(6-14(16)17-11)8(7)2-4-12(9)18-13/h1-6H. The van der Waals surface area contributed by atoms with Crippen LogP contribution in [0.5, 0.6) is 0 Å². The highest BCUT2D eigenvalue weighted by Crippen LogP contribution is 2.40. The lowest BCUT2D eigenvalue weighted by atomic mass is 10.0. The molecule has 0 N–H and O–H groups in total. The van der Waals surface area contributed by atoms with Crippen LogP contribution in [0, 0.1) is 0 Å². The minimum Gasteiger partial charge on any atom is -0.128 e. The van der Waals surface area contributed by atoms with Crippen LogP contribution >= 0.6 is 54.5 Å². The predicted molar refractivity (Wildman–Crippen MR) is 90.1 cm³/mol. The maximum atomic E-state index is 3.58. The van der Waals surface area contributed by atoms with Gasteiger partial charge in [0.25, 0.3) is 0 Å². The van der Waals surface area contributed by atoms with E-state index in [1.807, 2.05) is 0 Å². The monoisotopic (exact) mass is 396 g/mol. The van der Waals surface area contributed by atoms with E-state index in [9.17, 15) is 0 Å². The Labute approximate surface area is 128 Å². The lowest BCUT2D eigenvalue weighted by molar-refractivity contribution is 1.92. The number of hydrogen-bond acceptors (Lipinski definition) is 2. The molecule has 88 valence electrons. The van der Waals surface area contributed by atoms with Crippen molar-refractivity contribution in [3.8, 4) is 0 Å². The number of hydrogen-bond donors (Lipinski definition) is 0. The van der Waals surface area contributed by atoms with Gasteiger partial charge < -0.3 is 0 Å². The van der Waals surface area contributed by atoms with Crippen molar-refractivity contribution in [2.45, 2.75) is 0 Å². The van der Waals surface area contributed by atoms with Crippen LogP contribution < -0.4 is 0 Å². The molecule has 4 rings (SSSR count). The molecule has 0 saturated heterocycles.